The van der Waals surface area contributed by atoms with Gasteiger partial charge in [-0.2, -0.15) is 0 Å². The number of hydrogen-bond donors (Lipinski definition) is 0. The lowest BCUT2D eigenvalue weighted by atomic mass is 9.90. The number of fused-ring (bicyclic) bond motifs is 1. The van der Waals surface area contributed by atoms with E-state index in [4.69, 9.17) is 16.3 Å². The maximum atomic E-state index is 14.8. The fraction of sp³-hybridized carbons (Fsp3) is 0.483. The van der Waals surface area contributed by atoms with Crippen LogP contribution in [-0.2, 0) is 24.2 Å². The van der Waals surface area contributed by atoms with Gasteiger partial charge >= 0.3 is 0 Å². The lowest BCUT2D eigenvalue weighted by Crippen LogP contribution is -2.36. The number of amides is 1. The molecule has 1 saturated heterocycles. The normalized spacial score (nSPS) is 21.3. The van der Waals surface area contributed by atoms with E-state index >= 15 is 0 Å². The van der Waals surface area contributed by atoms with E-state index in [1.54, 1.807) is 35.9 Å². The second kappa shape index (κ2) is 11.2. The van der Waals surface area contributed by atoms with Gasteiger partial charge in [0.2, 0.25) is 11.9 Å². The second-order valence-corrected chi connectivity index (χ2v) is 12.1. The predicted molar refractivity (Wildman–Crippen MR) is 147 cm³/mol. The standard InChI is InChI=1S/C29H32ClFN4O2S/c30-23-16-32-29(33-17-23)34-8-3-19(4-9-34)25-13-20(25)6-11-37-24-2-1-21(26(31)15-24)14-28(36)35-10-5-27-22(18-35)7-12-38-27/h1-2,7,12,15-17,19-20,25H,3-6,8-11,13-14,18H2/t20-,25?/m1/s1. The number of ether oxygens (including phenoxy) is 1. The quantitative estimate of drug-likeness (QED) is 0.353. The van der Waals surface area contributed by atoms with Gasteiger partial charge in [-0.25, -0.2) is 14.4 Å². The van der Waals surface area contributed by atoms with E-state index in [9.17, 15) is 9.18 Å². The van der Waals surface area contributed by atoms with Crippen LogP contribution >= 0.6 is 22.9 Å². The first kappa shape index (κ1) is 25.6. The van der Waals surface area contributed by atoms with Crippen molar-refractivity contribution in [3.05, 3.63) is 68.9 Å². The van der Waals surface area contributed by atoms with E-state index in [2.05, 4.69) is 26.3 Å². The highest BCUT2D eigenvalue weighted by Crippen LogP contribution is 2.49. The number of benzene rings is 1. The Hall–Kier alpha value is -2.71. The van der Waals surface area contributed by atoms with Crippen molar-refractivity contribution in [3.63, 3.8) is 0 Å². The molecule has 6 nitrogen and oxygen atoms in total. The second-order valence-electron chi connectivity index (χ2n) is 10.7. The number of aromatic nitrogens is 2. The van der Waals surface area contributed by atoms with Crippen LogP contribution in [0.5, 0.6) is 5.75 Å². The Bertz CT molecular complexity index is 1280. The van der Waals surface area contributed by atoms with Crippen molar-refractivity contribution < 1.29 is 13.9 Å². The number of anilines is 1. The lowest BCUT2D eigenvalue weighted by Gasteiger charge is -2.32. The van der Waals surface area contributed by atoms with Crippen molar-refractivity contribution in [3.8, 4) is 5.75 Å². The van der Waals surface area contributed by atoms with E-state index in [0.29, 0.717) is 41.9 Å². The van der Waals surface area contributed by atoms with Gasteiger partial charge in [0, 0.05) is 37.1 Å². The molecular formula is C29H32ClFN4O2S. The molecule has 9 heteroatoms. The van der Waals surface area contributed by atoms with Crippen molar-refractivity contribution in [1.82, 2.24) is 14.9 Å². The molecule has 3 aliphatic rings. The van der Waals surface area contributed by atoms with Gasteiger partial charge in [0.1, 0.15) is 11.6 Å². The zero-order valence-electron chi connectivity index (χ0n) is 21.3. The first-order chi connectivity index (χ1) is 18.5. The molecule has 200 valence electrons. The Kier molecular flexibility index (Phi) is 7.52. The molecule has 0 N–H and O–H groups in total. The summed E-state index contributed by atoms with van der Waals surface area (Å²) in [6.45, 7) is 3.87. The molecule has 1 aromatic carbocycles. The third kappa shape index (κ3) is 5.81. The van der Waals surface area contributed by atoms with E-state index in [1.807, 2.05) is 4.90 Å². The summed E-state index contributed by atoms with van der Waals surface area (Å²) in [7, 11) is 0. The largest absolute Gasteiger partial charge is 0.493 e. The maximum absolute atomic E-state index is 14.8. The number of nitrogens with zero attached hydrogens (tertiary/aromatic N) is 4. The van der Waals surface area contributed by atoms with E-state index in [-0.39, 0.29) is 18.1 Å². The third-order valence-electron chi connectivity index (χ3n) is 8.30. The van der Waals surface area contributed by atoms with Gasteiger partial charge in [-0.1, -0.05) is 17.7 Å². The monoisotopic (exact) mass is 554 g/mol. The van der Waals surface area contributed by atoms with Gasteiger partial charge in [-0.05, 0) is 78.5 Å². The molecule has 1 aliphatic carbocycles. The number of thiophene rings is 1. The minimum atomic E-state index is -0.371. The van der Waals surface area contributed by atoms with Crippen molar-refractivity contribution in [1.29, 1.82) is 0 Å². The molecule has 1 amide bonds. The molecule has 2 aromatic heterocycles. The topological polar surface area (TPSA) is 58.6 Å². The number of piperidine rings is 1. The van der Waals surface area contributed by atoms with E-state index < -0.39 is 0 Å². The molecular weight excluding hydrogens is 523 g/mol. The zero-order chi connectivity index (χ0) is 26.1. The average Bonchev–Trinajstić information content (AvgIpc) is 3.55. The van der Waals surface area contributed by atoms with Crippen LogP contribution in [0.15, 0.2) is 42.0 Å². The minimum Gasteiger partial charge on any atom is -0.493 e. The summed E-state index contributed by atoms with van der Waals surface area (Å²) in [5, 5.41) is 2.63. The highest BCUT2D eigenvalue weighted by molar-refractivity contribution is 7.10. The Balaban J connectivity index is 0.921. The maximum Gasteiger partial charge on any atom is 0.227 e. The lowest BCUT2D eigenvalue weighted by molar-refractivity contribution is -0.131. The summed E-state index contributed by atoms with van der Waals surface area (Å²) in [5.74, 6) is 3.09. The highest BCUT2D eigenvalue weighted by Gasteiger charge is 2.43. The summed E-state index contributed by atoms with van der Waals surface area (Å²) >= 11 is 7.65. The van der Waals surface area contributed by atoms with Gasteiger partial charge in [-0.15, -0.1) is 11.3 Å². The smallest absolute Gasteiger partial charge is 0.227 e. The van der Waals surface area contributed by atoms with Crippen LogP contribution in [0.3, 0.4) is 0 Å². The van der Waals surface area contributed by atoms with Crippen LogP contribution < -0.4 is 9.64 Å². The van der Waals surface area contributed by atoms with Crippen LogP contribution in [0.4, 0.5) is 10.3 Å². The Morgan fingerprint density at radius 1 is 1.16 bits per heavy atom. The number of carbonyl (C=O) groups is 1. The van der Waals surface area contributed by atoms with Crippen molar-refractivity contribution in [2.24, 2.45) is 17.8 Å². The Labute approximate surface area is 231 Å². The van der Waals surface area contributed by atoms with Crippen LogP contribution in [-0.4, -0.2) is 47.0 Å². The van der Waals surface area contributed by atoms with Gasteiger partial charge in [0.15, 0.2) is 0 Å². The Morgan fingerprint density at radius 3 is 2.76 bits per heavy atom. The van der Waals surface area contributed by atoms with Crippen LogP contribution in [0.2, 0.25) is 5.02 Å². The molecule has 2 fully saturated rings. The van der Waals surface area contributed by atoms with Gasteiger partial charge in [-0.3, -0.25) is 4.79 Å². The number of carbonyl (C=O) groups excluding carboxylic acids is 1. The Morgan fingerprint density at radius 2 is 1.97 bits per heavy atom. The minimum absolute atomic E-state index is 0.0271. The molecule has 2 atom stereocenters. The van der Waals surface area contributed by atoms with Crippen molar-refractivity contribution >= 4 is 34.8 Å². The van der Waals surface area contributed by atoms with Crippen molar-refractivity contribution in [2.45, 2.75) is 45.1 Å². The molecule has 2 aliphatic heterocycles. The number of hydrogen-bond acceptors (Lipinski definition) is 6. The SMILES string of the molecule is O=C(Cc1ccc(OCC[C@@H]2CC2C2CCN(c3ncc(Cl)cn3)CC2)cc1F)N1CCc2sccc2C1. The van der Waals surface area contributed by atoms with Crippen LogP contribution in [0.25, 0.3) is 0 Å². The van der Waals surface area contributed by atoms with Gasteiger partial charge in [0.25, 0.3) is 0 Å². The molecule has 0 radical (unpaired) electrons. The molecule has 38 heavy (non-hydrogen) atoms. The first-order valence-corrected chi connectivity index (χ1v) is 14.8. The molecule has 0 bridgehead atoms. The average molecular weight is 555 g/mol. The van der Waals surface area contributed by atoms with Crippen LogP contribution in [0, 0.1) is 23.6 Å². The molecule has 6 rings (SSSR count). The summed E-state index contributed by atoms with van der Waals surface area (Å²) in [4.78, 5) is 26.9. The fourth-order valence-electron chi connectivity index (χ4n) is 6.00. The summed E-state index contributed by atoms with van der Waals surface area (Å²) in [6.07, 6.45) is 8.83. The summed E-state index contributed by atoms with van der Waals surface area (Å²) in [5.41, 5.74) is 1.64. The number of halogens is 2. The fourth-order valence-corrected chi connectivity index (χ4v) is 6.99. The number of rotatable bonds is 8. The molecule has 3 aromatic rings. The summed E-state index contributed by atoms with van der Waals surface area (Å²) < 4.78 is 20.7. The van der Waals surface area contributed by atoms with Crippen molar-refractivity contribution in [2.75, 3.05) is 31.1 Å². The molecule has 0 spiro atoms. The molecule has 4 heterocycles. The third-order valence-corrected chi connectivity index (χ3v) is 9.51. The highest BCUT2D eigenvalue weighted by atomic mass is 35.5. The molecule has 1 saturated carbocycles. The van der Waals surface area contributed by atoms with E-state index in [1.165, 1.54) is 22.9 Å². The van der Waals surface area contributed by atoms with Crippen LogP contribution in [0.1, 0.15) is 41.7 Å². The van der Waals surface area contributed by atoms with Gasteiger partial charge in [0.05, 0.1) is 30.4 Å². The predicted octanol–water partition coefficient (Wildman–Crippen LogP) is 5.78. The van der Waals surface area contributed by atoms with Gasteiger partial charge < -0.3 is 14.5 Å². The zero-order valence-corrected chi connectivity index (χ0v) is 22.9. The first-order valence-electron chi connectivity index (χ1n) is 13.5. The summed E-state index contributed by atoms with van der Waals surface area (Å²) in [6, 6.07) is 6.99. The van der Waals surface area contributed by atoms with E-state index in [0.717, 1.165) is 56.6 Å². The molecule has 1 unspecified atom stereocenters.